The molecule has 9 nitrogen and oxygen atoms in total. The maximum absolute atomic E-state index is 12.4. The highest BCUT2D eigenvalue weighted by Gasteiger charge is 2.11. The number of hydrogen-bond donors (Lipinski definition) is 3. The van der Waals surface area contributed by atoms with Gasteiger partial charge >= 0.3 is 0 Å². The summed E-state index contributed by atoms with van der Waals surface area (Å²) in [4.78, 5) is 25.3. The number of anilines is 3. The first-order valence-electron chi connectivity index (χ1n) is 10.7. The predicted octanol–water partition coefficient (Wildman–Crippen LogP) is 4.34. The molecule has 0 fully saturated rings. The van der Waals surface area contributed by atoms with Gasteiger partial charge in [-0.05, 0) is 48.9 Å². The third-order valence-electron chi connectivity index (χ3n) is 5.03. The SMILES string of the molecule is C[C@H](Nc1cncc(-c2cccc(NS(C)(=O)=O)c2)n1)c1cccc(NC(=O)c2cccnc2)c1. The van der Waals surface area contributed by atoms with Gasteiger partial charge in [-0.25, -0.2) is 13.4 Å². The van der Waals surface area contributed by atoms with E-state index in [1.165, 1.54) is 6.20 Å². The van der Waals surface area contributed by atoms with Crippen LogP contribution in [-0.2, 0) is 10.0 Å². The summed E-state index contributed by atoms with van der Waals surface area (Å²) in [5.74, 6) is 0.322. The lowest BCUT2D eigenvalue weighted by Gasteiger charge is -2.16. The Hall–Kier alpha value is -4.31. The lowest BCUT2D eigenvalue weighted by atomic mass is 10.1. The molecule has 4 aromatic rings. The van der Waals surface area contributed by atoms with Crippen molar-refractivity contribution in [1.82, 2.24) is 15.0 Å². The van der Waals surface area contributed by atoms with Crippen molar-refractivity contribution in [3.8, 4) is 11.3 Å². The van der Waals surface area contributed by atoms with Crippen LogP contribution < -0.4 is 15.4 Å². The van der Waals surface area contributed by atoms with Crippen molar-refractivity contribution in [3.05, 3.63) is 96.6 Å². The Labute approximate surface area is 203 Å². The van der Waals surface area contributed by atoms with Crippen LogP contribution in [0.4, 0.5) is 17.2 Å². The standard InChI is InChI=1S/C25H24N6O3S/c1-17(18-6-3-9-21(12-18)29-25(32)20-8-5-11-26-14-20)28-24-16-27-15-23(30-24)19-7-4-10-22(13-19)31-35(2,33)34/h3-17,31H,1-2H3,(H,28,30)(H,29,32)/t17-/m0/s1. The van der Waals surface area contributed by atoms with E-state index in [2.05, 4.69) is 30.3 Å². The summed E-state index contributed by atoms with van der Waals surface area (Å²) < 4.78 is 25.5. The number of rotatable bonds is 8. The fourth-order valence-electron chi connectivity index (χ4n) is 3.42. The molecule has 0 saturated carbocycles. The zero-order valence-electron chi connectivity index (χ0n) is 19.1. The van der Waals surface area contributed by atoms with Gasteiger partial charge in [0.25, 0.3) is 5.91 Å². The Bertz CT molecular complexity index is 1440. The van der Waals surface area contributed by atoms with E-state index in [9.17, 15) is 13.2 Å². The first-order chi connectivity index (χ1) is 16.8. The van der Waals surface area contributed by atoms with Crippen molar-refractivity contribution in [3.63, 3.8) is 0 Å². The number of nitrogens with one attached hydrogen (secondary N) is 3. The van der Waals surface area contributed by atoms with Gasteiger partial charge in [-0.3, -0.25) is 19.5 Å². The second-order valence-corrected chi connectivity index (χ2v) is 9.68. The third kappa shape index (κ3) is 6.61. The summed E-state index contributed by atoms with van der Waals surface area (Å²) >= 11 is 0. The largest absolute Gasteiger partial charge is 0.362 e. The van der Waals surface area contributed by atoms with Gasteiger partial charge in [0.05, 0.1) is 35.9 Å². The number of carbonyl (C=O) groups is 1. The van der Waals surface area contributed by atoms with Crippen LogP contribution >= 0.6 is 0 Å². The minimum atomic E-state index is -3.39. The van der Waals surface area contributed by atoms with E-state index in [1.54, 1.807) is 48.9 Å². The van der Waals surface area contributed by atoms with Gasteiger partial charge in [0.15, 0.2) is 0 Å². The zero-order valence-corrected chi connectivity index (χ0v) is 20.0. The lowest BCUT2D eigenvalue weighted by molar-refractivity contribution is 0.102. The Morgan fingerprint density at radius 1 is 0.914 bits per heavy atom. The normalized spacial score (nSPS) is 11.9. The number of pyridine rings is 1. The van der Waals surface area contributed by atoms with Gasteiger partial charge in [0.1, 0.15) is 5.82 Å². The molecule has 10 heteroatoms. The molecule has 1 amide bonds. The topological polar surface area (TPSA) is 126 Å². The molecule has 0 aliphatic rings. The number of benzene rings is 2. The molecule has 2 aromatic heterocycles. The second kappa shape index (κ2) is 10.3. The van der Waals surface area contributed by atoms with E-state index in [-0.39, 0.29) is 11.9 Å². The van der Waals surface area contributed by atoms with E-state index in [1.807, 2.05) is 37.3 Å². The summed E-state index contributed by atoms with van der Waals surface area (Å²) in [6.45, 7) is 1.98. The predicted molar refractivity (Wildman–Crippen MR) is 137 cm³/mol. The van der Waals surface area contributed by atoms with Crippen molar-refractivity contribution >= 4 is 33.1 Å². The lowest BCUT2D eigenvalue weighted by Crippen LogP contribution is -2.13. The van der Waals surface area contributed by atoms with Crippen molar-refractivity contribution in [2.75, 3.05) is 21.6 Å². The molecule has 0 aliphatic carbocycles. The highest BCUT2D eigenvalue weighted by Crippen LogP contribution is 2.25. The molecule has 3 N–H and O–H groups in total. The Kier molecular flexibility index (Phi) is 7.02. The van der Waals surface area contributed by atoms with Gasteiger partial charge in [-0.2, -0.15) is 0 Å². The minimum absolute atomic E-state index is 0.131. The molecule has 0 bridgehead atoms. The molecular weight excluding hydrogens is 464 g/mol. The van der Waals surface area contributed by atoms with Crippen LogP contribution in [0.15, 0.2) is 85.5 Å². The minimum Gasteiger partial charge on any atom is -0.362 e. The highest BCUT2D eigenvalue weighted by atomic mass is 32.2. The van der Waals surface area contributed by atoms with Crippen molar-refractivity contribution < 1.29 is 13.2 Å². The van der Waals surface area contributed by atoms with Gasteiger partial charge in [-0.1, -0.05) is 24.3 Å². The average Bonchev–Trinajstić information content (AvgIpc) is 2.84. The molecule has 0 unspecified atom stereocenters. The number of nitrogens with zero attached hydrogens (tertiary/aromatic N) is 3. The van der Waals surface area contributed by atoms with E-state index in [0.717, 1.165) is 17.4 Å². The van der Waals surface area contributed by atoms with Gasteiger partial charge < -0.3 is 10.6 Å². The van der Waals surface area contributed by atoms with E-state index < -0.39 is 10.0 Å². The smallest absolute Gasteiger partial charge is 0.257 e. The molecule has 0 spiro atoms. The average molecular weight is 489 g/mol. The quantitative estimate of drug-likeness (QED) is 0.337. The number of carbonyl (C=O) groups excluding carboxylic acids is 1. The van der Waals surface area contributed by atoms with Crippen LogP contribution in [0.2, 0.25) is 0 Å². The molecule has 0 radical (unpaired) electrons. The van der Waals surface area contributed by atoms with Crippen LogP contribution in [0.25, 0.3) is 11.3 Å². The monoisotopic (exact) mass is 488 g/mol. The number of amides is 1. The molecule has 35 heavy (non-hydrogen) atoms. The summed E-state index contributed by atoms with van der Waals surface area (Å²) in [6.07, 6.45) is 7.47. The maximum atomic E-state index is 12.4. The molecule has 0 saturated heterocycles. The van der Waals surface area contributed by atoms with Gasteiger partial charge in [0.2, 0.25) is 10.0 Å². The Balaban J connectivity index is 1.48. The van der Waals surface area contributed by atoms with Gasteiger partial charge in [0, 0.05) is 29.3 Å². The first kappa shape index (κ1) is 23.8. The van der Waals surface area contributed by atoms with Crippen LogP contribution in [0, 0.1) is 0 Å². The summed E-state index contributed by atoms with van der Waals surface area (Å²) in [6, 6.07) is 17.8. The van der Waals surface area contributed by atoms with Crippen LogP contribution in [-0.4, -0.2) is 35.5 Å². The van der Waals surface area contributed by atoms with E-state index >= 15 is 0 Å². The summed E-state index contributed by atoms with van der Waals surface area (Å²) in [5.41, 5.74) is 3.86. The van der Waals surface area contributed by atoms with E-state index in [0.29, 0.717) is 28.5 Å². The molecule has 2 aromatic carbocycles. The summed E-state index contributed by atoms with van der Waals surface area (Å²) in [7, 11) is -3.39. The number of aromatic nitrogens is 3. The Morgan fingerprint density at radius 2 is 1.71 bits per heavy atom. The first-order valence-corrected chi connectivity index (χ1v) is 12.6. The molecular formula is C25H24N6O3S. The zero-order chi connectivity index (χ0) is 24.8. The van der Waals surface area contributed by atoms with Crippen molar-refractivity contribution in [2.45, 2.75) is 13.0 Å². The number of sulfonamides is 1. The van der Waals surface area contributed by atoms with Crippen molar-refractivity contribution in [1.29, 1.82) is 0 Å². The van der Waals surface area contributed by atoms with Crippen LogP contribution in [0.3, 0.4) is 0 Å². The fraction of sp³-hybridized carbons (Fsp3) is 0.120. The maximum Gasteiger partial charge on any atom is 0.257 e. The molecule has 1 atom stereocenters. The van der Waals surface area contributed by atoms with Crippen molar-refractivity contribution in [2.24, 2.45) is 0 Å². The number of hydrogen-bond acceptors (Lipinski definition) is 7. The molecule has 178 valence electrons. The van der Waals surface area contributed by atoms with Crippen LogP contribution in [0.1, 0.15) is 28.9 Å². The Morgan fingerprint density at radius 3 is 2.49 bits per heavy atom. The summed E-state index contributed by atoms with van der Waals surface area (Å²) in [5, 5.41) is 6.21. The third-order valence-corrected chi connectivity index (χ3v) is 5.64. The van der Waals surface area contributed by atoms with Crippen LogP contribution in [0.5, 0.6) is 0 Å². The molecule has 0 aliphatic heterocycles. The molecule has 4 rings (SSSR count). The molecule has 2 heterocycles. The van der Waals surface area contributed by atoms with Gasteiger partial charge in [-0.15, -0.1) is 0 Å². The second-order valence-electron chi connectivity index (χ2n) is 7.93. The van der Waals surface area contributed by atoms with E-state index in [4.69, 9.17) is 0 Å². The fourth-order valence-corrected chi connectivity index (χ4v) is 3.98. The highest BCUT2D eigenvalue weighted by molar-refractivity contribution is 7.92.